The predicted molar refractivity (Wildman–Crippen MR) is 50.6 cm³/mol. The molecule has 0 spiro atoms. The Balaban J connectivity index is 2.21. The number of nitrogens with one attached hydrogen (secondary N) is 2. The minimum atomic E-state index is -4.42. The summed E-state index contributed by atoms with van der Waals surface area (Å²) >= 11 is 0. The zero-order valence-electron chi connectivity index (χ0n) is 8.38. The summed E-state index contributed by atoms with van der Waals surface area (Å²) in [6.45, 7) is 2.04. The molecule has 4 nitrogen and oxygen atoms in total. The van der Waals surface area contributed by atoms with Crippen LogP contribution in [-0.2, 0) is 6.18 Å². The van der Waals surface area contributed by atoms with Crippen LogP contribution in [0.15, 0.2) is 12.3 Å². The fraction of sp³-hybridized carbons (Fsp3) is 0.556. The Kier molecular flexibility index (Phi) is 3.06. The highest BCUT2D eigenvalue weighted by atomic mass is 19.4. The van der Waals surface area contributed by atoms with E-state index < -0.39 is 11.9 Å². The Morgan fingerprint density at radius 3 is 2.75 bits per heavy atom. The second kappa shape index (κ2) is 4.34. The highest BCUT2D eigenvalue weighted by molar-refractivity contribution is 5.09. The molecule has 0 aliphatic carbocycles. The van der Waals surface area contributed by atoms with Crippen molar-refractivity contribution in [2.24, 2.45) is 0 Å². The van der Waals surface area contributed by atoms with E-state index >= 15 is 0 Å². The van der Waals surface area contributed by atoms with Crippen LogP contribution in [0.1, 0.15) is 17.6 Å². The van der Waals surface area contributed by atoms with Crippen LogP contribution in [0.25, 0.3) is 0 Å². The SMILES string of the molecule is FC(F)(F)c1ccnc([C@@H]2CNCCN2)n1. The van der Waals surface area contributed by atoms with Crippen LogP contribution < -0.4 is 10.6 Å². The number of aromatic nitrogens is 2. The fourth-order valence-electron chi connectivity index (χ4n) is 1.54. The lowest BCUT2D eigenvalue weighted by molar-refractivity contribution is -0.141. The van der Waals surface area contributed by atoms with E-state index in [9.17, 15) is 13.2 Å². The zero-order chi connectivity index (χ0) is 11.6. The molecule has 0 radical (unpaired) electrons. The molecular formula is C9H11F3N4. The van der Waals surface area contributed by atoms with Crippen LogP contribution in [0, 0.1) is 0 Å². The number of hydrogen-bond acceptors (Lipinski definition) is 4. The smallest absolute Gasteiger partial charge is 0.313 e. The lowest BCUT2D eigenvalue weighted by Gasteiger charge is -2.23. The van der Waals surface area contributed by atoms with Gasteiger partial charge in [0.05, 0.1) is 6.04 Å². The van der Waals surface area contributed by atoms with Crippen LogP contribution in [-0.4, -0.2) is 29.6 Å². The van der Waals surface area contributed by atoms with Crippen molar-refractivity contribution in [1.29, 1.82) is 0 Å². The normalized spacial score (nSPS) is 22.1. The Labute approximate surface area is 90.3 Å². The van der Waals surface area contributed by atoms with Gasteiger partial charge in [-0.15, -0.1) is 0 Å². The molecule has 16 heavy (non-hydrogen) atoms. The van der Waals surface area contributed by atoms with Crippen molar-refractivity contribution in [3.8, 4) is 0 Å². The van der Waals surface area contributed by atoms with Gasteiger partial charge in [-0.3, -0.25) is 0 Å². The van der Waals surface area contributed by atoms with E-state index in [1.54, 1.807) is 0 Å². The summed E-state index contributed by atoms with van der Waals surface area (Å²) in [5.74, 6) is 0.182. The van der Waals surface area contributed by atoms with E-state index in [0.29, 0.717) is 13.1 Å². The van der Waals surface area contributed by atoms with Crippen molar-refractivity contribution in [2.45, 2.75) is 12.2 Å². The molecule has 0 unspecified atom stereocenters. The maximum atomic E-state index is 12.4. The van der Waals surface area contributed by atoms with Gasteiger partial charge in [0.2, 0.25) is 0 Å². The molecule has 0 saturated carbocycles. The number of piperazine rings is 1. The number of alkyl halides is 3. The Morgan fingerprint density at radius 1 is 1.31 bits per heavy atom. The van der Waals surface area contributed by atoms with Crippen molar-refractivity contribution in [2.75, 3.05) is 19.6 Å². The van der Waals surface area contributed by atoms with Gasteiger partial charge in [-0.2, -0.15) is 13.2 Å². The molecule has 2 rings (SSSR count). The molecule has 2 heterocycles. The highest BCUT2D eigenvalue weighted by Gasteiger charge is 2.33. The lowest BCUT2D eigenvalue weighted by atomic mass is 10.2. The molecule has 1 atom stereocenters. The first-order valence-electron chi connectivity index (χ1n) is 4.91. The minimum absolute atomic E-state index is 0.182. The Morgan fingerprint density at radius 2 is 2.12 bits per heavy atom. The van der Waals surface area contributed by atoms with Gasteiger partial charge in [0.25, 0.3) is 0 Å². The van der Waals surface area contributed by atoms with E-state index in [1.807, 2.05) is 0 Å². The van der Waals surface area contributed by atoms with Gasteiger partial charge in [-0.25, -0.2) is 9.97 Å². The van der Waals surface area contributed by atoms with Crippen molar-refractivity contribution >= 4 is 0 Å². The van der Waals surface area contributed by atoms with Crippen LogP contribution in [0.4, 0.5) is 13.2 Å². The summed E-state index contributed by atoms with van der Waals surface area (Å²) in [4.78, 5) is 7.39. The van der Waals surface area contributed by atoms with Gasteiger partial charge in [0.15, 0.2) is 0 Å². The van der Waals surface area contributed by atoms with Crippen molar-refractivity contribution in [1.82, 2.24) is 20.6 Å². The Bertz CT molecular complexity index is 360. The van der Waals surface area contributed by atoms with Crippen molar-refractivity contribution in [3.05, 3.63) is 23.8 Å². The van der Waals surface area contributed by atoms with E-state index in [4.69, 9.17) is 0 Å². The largest absolute Gasteiger partial charge is 0.433 e. The summed E-state index contributed by atoms with van der Waals surface area (Å²) in [7, 11) is 0. The number of nitrogens with zero attached hydrogens (tertiary/aromatic N) is 2. The first-order chi connectivity index (χ1) is 7.57. The quantitative estimate of drug-likeness (QED) is 0.749. The second-order valence-electron chi connectivity index (χ2n) is 3.51. The molecule has 1 aliphatic heterocycles. The van der Waals surface area contributed by atoms with Crippen LogP contribution in [0.5, 0.6) is 0 Å². The molecule has 1 aliphatic rings. The molecule has 7 heteroatoms. The van der Waals surface area contributed by atoms with Crippen LogP contribution >= 0.6 is 0 Å². The number of hydrogen-bond donors (Lipinski definition) is 2. The maximum absolute atomic E-state index is 12.4. The third-order valence-corrected chi connectivity index (χ3v) is 2.32. The molecular weight excluding hydrogens is 221 g/mol. The topological polar surface area (TPSA) is 49.8 Å². The van der Waals surface area contributed by atoms with Crippen molar-refractivity contribution < 1.29 is 13.2 Å². The molecule has 2 N–H and O–H groups in total. The van der Waals surface area contributed by atoms with E-state index in [1.165, 1.54) is 0 Å². The number of halogens is 3. The molecule has 0 amide bonds. The highest BCUT2D eigenvalue weighted by Crippen LogP contribution is 2.27. The molecule has 1 fully saturated rings. The third-order valence-electron chi connectivity index (χ3n) is 2.32. The molecule has 1 aromatic heterocycles. The summed E-state index contributed by atoms with van der Waals surface area (Å²) in [5, 5.41) is 6.13. The van der Waals surface area contributed by atoms with Gasteiger partial charge < -0.3 is 10.6 Å². The summed E-state index contributed by atoms with van der Waals surface area (Å²) in [5.41, 5.74) is -0.898. The lowest BCUT2D eigenvalue weighted by Crippen LogP contribution is -2.43. The third kappa shape index (κ3) is 2.48. The van der Waals surface area contributed by atoms with Gasteiger partial charge in [-0.1, -0.05) is 0 Å². The fourth-order valence-corrected chi connectivity index (χ4v) is 1.54. The first kappa shape index (κ1) is 11.3. The van der Waals surface area contributed by atoms with E-state index in [2.05, 4.69) is 20.6 Å². The van der Waals surface area contributed by atoms with Crippen LogP contribution in [0.3, 0.4) is 0 Å². The average molecular weight is 232 g/mol. The monoisotopic (exact) mass is 232 g/mol. The molecule has 88 valence electrons. The van der Waals surface area contributed by atoms with Gasteiger partial charge >= 0.3 is 6.18 Å². The molecule has 0 aromatic carbocycles. The Hall–Kier alpha value is -1.21. The zero-order valence-corrected chi connectivity index (χ0v) is 8.38. The first-order valence-corrected chi connectivity index (χ1v) is 4.91. The maximum Gasteiger partial charge on any atom is 0.433 e. The standard InChI is InChI=1S/C9H11F3N4/c10-9(11,12)7-1-2-15-8(16-7)6-5-13-3-4-14-6/h1-2,6,13-14H,3-5H2/t6-/m0/s1. The summed E-state index contributed by atoms with van der Waals surface area (Å²) in [6.07, 6.45) is -3.28. The number of rotatable bonds is 1. The molecule has 1 saturated heterocycles. The second-order valence-corrected chi connectivity index (χ2v) is 3.51. The van der Waals surface area contributed by atoms with Gasteiger partial charge in [-0.05, 0) is 6.07 Å². The van der Waals surface area contributed by atoms with E-state index in [0.717, 1.165) is 18.8 Å². The minimum Gasteiger partial charge on any atom is -0.313 e. The van der Waals surface area contributed by atoms with E-state index in [-0.39, 0.29) is 11.9 Å². The van der Waals surface area contributed by atoms with Gasteiger partial charge in [0, 0.05) is 25.8 Å². The average Bonchev–Trinajstić information content (AvgIpc) is 2.29. The van der Waals surface area contributed by atoms with Gasteiger partial charge in [0.1, 0.15) is 11.5 Å². The predicted octanol–water partition coefficient (Wildman–Crippen LogP) is 0.729. The summed E-state index contributed by atoms with van der Waals surface area (Å²) < 4.78 is 37.2. The van der Waals surface area contributed by atoms with Crippen molar-refractivity contribution in [3.63, 3.8) is 0 Å². The van der Waals surface area contributed by atoms with Crippen LogP contribution in [0.2, 0.25) is 0 Å². The summed E-state index contributed by atoms with van der Waals surface area (Å²) in [6, 6.07) is 0.621. The molecule has 0 bridgehead atoms. The molecule has 1 aromatic rings.